The van der Waals surface area contributed by atoms with Crippen LogP contribution in [0.15, 0.2) is 0 Å². The highest BCUT2D eigenvalue weighted by Crippen LogP contribution is 2.21. The quantitative estimate of drug-likeness (QED) is 0.669. The number of hydrogen-bond acceptors (Lipinski definition) is 2. The molecule has 14 heavy (non-hydrogen) atoms. The van der Waals surface area contributed by atoms with Gasteiger partial charge in [-0.25, -0.2) is 0 Å². The monoisotopic (exact) mass is 217 g/mol. The highest BCUT2D eigenvalue weighted by atomic mass is 32.2. The van der Waals surface area contributed by atoms with Crippen molar-refractivity contribution in [3.63, 3.8) is 0 Å². The van der Waals surface area contributed by atoms with Crippen LogP contribution in [0.25, 0.3) is 0 Å². The molecule has 0 aliphatic heterocycles. The van der Waals surface area contributed by atoms with Gasteiger partial charge in [0.25, 0.3) is 0 Å². The van der Waals surface area contributed by atoms with Crippen molar-refractivity contribution in [3.8, 4) is 0 Å². The first kappa shape index (κ1) is 14.3. The Morgan fingerprint density at radius 3 is 2.29 bits per heavy atom. The molecular formula is C12H27NS. The Morgan fingerprint density at radius 1 is 1.21 bits per heavy atom. The van der Waals surface area contributed by atoms with E-state index in [1.54, 1.807) is 0 Å². The summed E-state index contributed by atoms with van der Waals surface area (Å²) in [6.07, 6.45) is 4.77. The Hall–Kier alpha value is 0.310. The Morgan fingerprint density at radius 2 is 1.86 bits per heavy atom. The van der Waals surface area contributed by atoms with E-state index in [1.165, 1.54) is 18.6 Å². The van der Waals surface area contributed by atoms with Gasteiger partial charge in [0, 0.05) is 6.04 Å². The highest BCUT2D eigenvalue weighted by molar-refractivity contribution is 7.98. The van der Waals surface area contributed by atoms with Crippen LogP contribution < -0.4 is 5.32 Å². The minimum Gasteiger partial charge on any atom is -0.314 e. The molecule has 0 saturated heterocycles. The molecule has 0 fully saturated rings. The van der Waals surface area contributed by atoms with Gasteiger partial charge in [0.15, 0.2) is 0 Å². The molecule has 0 aromatic heterocycles. The molecule has 1 N–H and O–H groups in total. The normalized spacial score (nSPS) is 15.9. The van der Waals surface area contributed by atoms with Crippen LogP contribution in [0.3, 0.4) is 0 Å². The Labute approximate surface area is 94.4 Å². The Bertz CT molecular complexity index is 125. The zero-order chi connectivity index (χ0) is 11.0. The zero-order valence-corrected chi connectivity index (χ0v) is 11.3. The lowest BCUT2D eigenvalue weighted by atomic mass is 9.87. The summed E-state index contributed by atoms with van der Waals surface area (Å²) >= 11 is 1.96. The summed E-state index contributed by atoms with van der Waals surface area (Å²) < 4.78 is 0. The maximum atomic E-state index is 3.61. The molecule has 1 nitrogen and oxygen atoms in total. The van der Waals surface area contributed by atoms with Crippen LogP contribution in [0.5, 0.6) is 0 Å². The van der Waals surface area contributed by atoms with Crippen molar-refractivity contribution < 1.29 is 0 Å². The fourth-order valence-electron chi connectivity index (χ4n) is 1.94. The van der Waals surface area contributed by atoms with Gasteiger partial charge in [0.05, 0.1) is 0 Å². The zero-order valence-electron chi connectivity index (χ0n) is 10.5. The van der Waals surface area contributed by atoms with Crippen LogP contribution in [-0.2, 0) is 0 Å². The Balaban J connectivity index is 3.91. The van der Waals surface area contributed by atoms with Crippen molar-refractivity contribution in [1.82, 2.24) is 5.32 Å². The van der Waals surface area contributed by atoms with Gasteiger partial charge in [-0.1, -0.05) is 20.8 Å². The van der Waals surface area contributed by atoms with Gasteiger partial charge in [0.1, 0.15) is 0 Å². The molecule has 0 aromatic carbocycles. The van der Waals surface area contributed by atoms with Gasteiger partial charge in [-0.3, -0.25) is 0 Å². The third-order valence-electron chi connectivity index (χ3n) is 2.87. The molecular weight excluding hydrogens is 190 g/mol. The van der Waals surface area contributed by atoms with Crippen LogP contribution >= 0.6 is 11.8 Å². The van der Waals surface area contributed by atoms with Gasteiger partial charge >= 0.3 is 0 Å². The standard InChI is InChI=1S/C12H27NS/c1-6-8-13-11(4)12(10(2)3)7-9-14-5/h10-13H,6-9H2,1-5H3. The Kier molecular flexibility index (Phi) is 8.80. The van der Waals surface area contributed by atoms with E-state index in [2.05, 4.69) is 39.3 Å². The van der Waals surface area contributed by atoms with E-state index in [9.17, 15) is 0 Å². The summed E-state index contributed by atoms with van der Waals surface area (Å²) in [7, 11) is 0. The van der Waals surface area contributed by atoms with Crippen molar-refractivity contribution in [1.29, 1.82) is 0 Å². The van der Waals surface area contributed by atoms with Crippen LogP contribution in [-0.4, -0.2) is 24.6 Å². The minimum atomic E-state index is 0.669. The summed E-state index contributed by atoms with van der Waals surface area (Å²) in [5.41, 5.74) is 0. The molecule has 0 bridgehead atoms. The molecule has 0 aliphatic rings. The lowest BCUT2D eigenvalue weighted by Crippen LogP contribution is -2.36. The van der Waals surface area contributed by atoms with Crippen molar-refractivity contribution >= 4 is 11.8 Å². The predicted octanol–water partition coefficient (Wildman–Crippen LogP) is 3.40. The summed E-state index contributed by atoms with van der Waals surface area (Å²) in [5, 5.41) is 3.61. The van der Waals surface area contributed by atoms with Crippen molar-refractivity contribution in [2.24, 2.45) is 11.8 Å². The number of rotatable bonds is 8. The van der Waals surface area contributed by atoms with Crippen molar-refractivity contribution in [2.45, 2.75) is 46.6 Å². The van der Waals surface area contributed by atoms with E-state index >= 15 is 0 Å². The van der Waals surface area contributed by atoms with E-state index in [0.717, 1.165) is 18.4 Å². The van der Waals surface area contributed by atoms with Crippen LogP contribution in [0.1, 0.15) is 40.5 Å². The van der Waals surface area contributed by atoms with Gasteiger partial charge in [-0.05, 0) is 50.2 Å². The molecule has 2 atom stereocenters. The summed E-state index contributed by atoms with van der Waals surface area (Å²) in [4.78, 5) is 0. The van der Waals surface area contributed by atoms with Crippen LogP contribution in [0, 0.1) is 11.8 Å². The van der Waals surface area contributed by atoms with Crippen molar-refractivity contribution in [3.05, 3.63) is 0 Å². The summed E-state index contributed by atoms with van der Waals surface area (Å²) in [5.74, 6) is 2.91. The van der Waals surface area contributed by atoms with Gasteiger partial charge in [0.2, 0.25) is 0 Å². The summed E-state index contributed by atoms with van der Waals surface area (Å²) in [6, 6.07) is 0.669. The van der Waals surface area contributed by atoms with Crippen LogP contribution in [0.2, 0.25) is 0 Å². The number of thioether (sulfide) groups is 1. The molecule has 86 valence electrons. The van der Waals surface area contributed by atoms with E-state index in [-0.39, 0.29) is 0 Å². The van der Waals surface area contributed by atoms with E-state index < -0.39 is 0 Å². The molecule has 0 radical (unpaired) electrons. The fraction of sp³-hybridized carbons (Fsp3) is 1.00. The summed E-state index contributed by atoms with van der Waals surface area (Å²) in [6.45, 7) is 10.4. The molecule has 0 rings (SSSR count). The predicted molar refractivity (Wildman–Crippen MR) is 69.1 cm³/mol. The van der Waals surface area contributed by atoms with Gasteiger partial charge < -0.3 is 5.32 Å². The van der Waals surface area contributed by atoms with Gasteiger partial charge in [-0.15, -0.1) is 0 Å². The first-order valence-corrected chi connectivity index (χ1v) is 7.25. The molecule has 0 amide bonds. The second-order valence-corrected chi connectivity index (χ2v) is 5.42. The van der Waals surface area contributed by atoms with E-state index in [1.807, 2.05) is 11.8 Å². The largest absolute Gasteiger partial charge is 0.314 e. The second-order valence-electron chi connectivity index (χ2n) is 4.43. The first-order chi connectivity index (χ1) is 6.63. The maximum absolute atomic E-state index is 3.61. The minimum absolute atomic E-state index is 0.669. The molecule has 0 aliphatic carbocycles. The lowest BCUT2D eigenvalue weighted by Gasteiger charge is -2.28. The van der Waals surface area contributed by atoms with E-state index in [0.29, 0.717) is 6.04 Å². The molecule has 2 unspecified atom stereocenters. The molecule has 0 aromatic rings. The van der Waals surface area contributed by atoms with Gasteiger partial charge in [-0.2, -0.15) is 11.8 Å². The second kappa shape index (κ2) is 8.60. The molecule has 0 saturated carbocycles. The molecule has 0 heterocycles. The average molecular weight is 217 g/mol. The lowest BCUT2D eigenvalue weighted by molar-refractivity contribution is 0.284. The van der Waals surface area contributed by atoms with Crippen LogP contribution in [0.4, 0.5) is 0 Å². The topological polar surface area (TPSA) is 12.0 Å². The third-order valence-corrected chi connectivity index (χ3v) is 3.51. The number of nitrogens with one attached hydrogen (secondary N) is 1. The average Bonchev–Trinajstić information content (AvgIpc) is 2.14. The maximum Gasteiger partial charge on any atom is 0.00697 e. The fourth-order valence-corrected chi connectivity index (χ4v) is 2.45. The first-order valence-electron chi connectivity index (χ1n) is 5.85. The molecule has 2 heteroatoms. The third kappa shape index (κ3) is 5.92. The smallest absolute Gasteiger partial charge is 0.00697 e. The molecule has 0 spiro atoms. The van der Waals surface area contributed by atoms with Crippen molar-refractivity contribution in [2.75, 3.05) is 18.6 Å². The highest BCUT2D eigenvalue weighted by Gasteiger charge is 2.19. The number of hydrogen-bond donors (Lipinski definition) is 1. The van der Waals surface area contributed by atoms with E-state index in [4.69, 9.17) is 0 Å². The SMILES string of the molecule is CCCNC(C)C(CCSC)C(C)C.